The molecule has 2 heterocycles. The zero-order chi connectivity index (χ0) is 17.6. The van der Waals surface area contributed by atoms with Gasteiger partial charge in [0.25, 0.3) is 0 Å². The van der Waals surface area contributed by atoms with Crippen LogP contribution in [0, 0.1) is 0 Å². The number of hydrogen-bond donors (Lipinski definition) is 0. The average Bonchev–Trinajstić information content (AvgIpc) is 3.20. The third-order valence-corrected chi connectivity index (χ3v) is 9.63. The molecule has 0 aliphatic carbocycles. The van der Waals surface area contributed by atoms with Gasteiger partial charge in [-0.2, -0.15) is 0 Å². The molecule has 0 aliphatic rings. The minimum atomic E-state index is 0.583. The standard InChI is InChI=1S/C22H37NSe2/c1-2-3-4-5-6-7-8-9-10-11-12-13-14-15-16-17-22-23-20-18-24-19-21(20)25-22/h18-19H,2-17H2,1H3. The number of hydrogen-bond acceptors (Lipinski definition) is 1. The summed E-state index contributed by atoms with van der Waals surface area (Å²) in [7, 11) is 0. The Morgan fingerprint density at radius 1 is 0.680 bits per heavy atom. The second kappa shape index (κ2) is 14.3. The van der Waals surface area contributed by atoms with Crippen LogP contribution in [0.25, 0.3) is 9.78 Å². The maximum atomic E-state index is 4.81. The van der Waals surface area contributed by atoms with Crippen LogP contribution in [0.5, 0.6) is 0 Å². The summed E-state index contributed by atoms with van der Waals surface area (Å²) in [5, 5.41) is 0. The van der Waals surface area contributed by atoms with E-state index in [1.165, 1.54) is 113 Å². The van der Waals surface area contributed by atoms with Gasteiger partial charge in [0.1, 0.15) is 0 Å². The van der Waals surface area contributed by atoms with Crippen LogP contribution < -0.4 is 0 Å². The van der Waals surface area contributed by atoms with Crippen LogP contribution >= 0.6 is 0 Å². The number of nitrogens with zero attached hydrogens (tertiary/aromatic N) is 1. The van der Waals surface area contributed by atoms with Crippen LogP contribution in [0.3, 0.4) is 0 Å². The fraction of sp³-hybridized carbons (Fsp3) is 0.773. The van der Waals surface area contributed by atoms with Gasteiger partial charge in [-0.05, 0) is 0 Å². The fourth-order valence-electron chi connectivity index (χ4n) is 3.48. The Morgan fingerprint density at radius 2 is 1.20 bits per heavy atom. The van der Waals surface area contributed by atoms with E-state index in [2.05, 4.69) is 16.8 Å². The molecule has 0 fully saturated rings. The molecule has 3 heteroatoms. The van der Waals surface area contributed by atoms with Gasteiger partial charge >= 0.3 is 129 Å². The van der Waals surface area contributed by atoms with E-state index in [0.717, 1.165) is 0 Å². The van der Waals surface area contributed by atoms with Gasteiger partial charge in [-0.1, -0.05) is 39.0 Å². The Bertz CT molecular complexity index is 514. The van der Waals surface area contributed by atoms with Crippen LogP contribution in [0.2, 0.25) is 0 Å². The molecule has 2 aromatic rings. The van der Waals surface area contributed by atoms with E-state index >= 15 is 0 Å². The van der Waals surface area contributed by atoms with Gasteiger partial charge < -0.3 is 0 Å². The fourth-order valence-corrected chi connectivity index (χ4v) is 8.18. The molecule has 0 N–H and O–H groups in total. The second-order valence-corrected chi connectivity index (χ2v) is 11.3. The Labute approximate surface area is 167 Å². The first-order valence-corrected chi connectivity index (χ1v) is 14.4. The number of aromatic nitrogens is 1. The van der Waals surface area contributed by atoms with Crippen molar-refractivity contribution in [2.75, 3.05) is 0 Å². The Balaban J connectivity index is 1.30. The molecule has 1 nitrogen and oxygen atoms in total. The zero-order valence-electron chi connectivity index (χ0n) is 16.2. The minimum absolute atomic E-state index is 0.583. The van der Waals surface area contributed by atoms with E-state index in [4.69, 9.17) is 4.98 Å². The number of aryl methyl sites for hydroxylation is 1. The number of fused-ring (bicyclic) bond motifs is 1. The van der Waals surface area contributed by atoms with Crippen molar-refractivity contribution in [1.29, 1.82) is 0 Å². The molecule has 0 aliphatic heterocycles. The van der Waals surface area contributed by atoms with Crippen molar-refractivity contribution in [3.05, 3.63) is 14.4 Å². The van der Waals surface area contributed by atoms with Gasteiger partial charge in [0, 0.05) is 0 Å². The summed E-state index contributed by atoms with van der Waals surface area (Å²) >= 11 is 1.20. The van der Waals surface area contributed by atoms with Crippen molar-refractivity contribution in [2.45, 2.75) is 110 Å². The van der Waals surface area contributed by atoms with E-state index in [0.29, 0.717) is 29.0 Å². The summed E-state index contributed by atoms with van der Waals surface area (Å²) < 4.78 is 3.10. The predicted molar refractivity (Wildman–Crippen MR) is 114 cm³/mol. The van der Waals surface area contributed by atoms with Crippen molar-refractivity contribution < 1.29 is 0 Å². The third kappa shape index (κ3) is 9.62. The van der Waals surface area contributed by atoms with E-state index in [1.807, 2.05) is 0 Å². The molecular formula is C22H37NSe2. The van der Waals surface area contributed by atoms with Crippen LogP contribution in [0.15, 0.2) is 9.88 Å². The third-order valence-electron chi connectivity index (χ3n) is 5.07. The second-order valence-electron chi connectivity index (χ2n) is 7.43. The van der Waals surface area contributed by atoms with Crippen molar-refractivity contribution in [2.24, 2.45) is 0 Å². The van der Waals surface area contributed by atoms with Gasteiger partial charge in [0.15, 0.2) is 0 Å². The van der Waals surface area contributed by atoms with Crippen LogP contribution in [0.1, 0.15) is 108 Å². The van der Waals surface area contributed by atoms with E-state index in [1.54, 1.807) is 4.26 Å². The molecule has 0 radical (unpaired) electrons. The molecule has 0 saturated heterocycles. The van der Waals surface area contributed by atoms with E-state index < -0.39 is 0 Å². The van der Waals surface area contributed by atoms with Gasteiger partial charge in [-0.25, -0.2) is 0 Å². The summed E-state index contributed by atoms with van der Waals surface area (Å²) in [6.45, 7) is 2.30. The molecule has 2 aromatic heterocycles. The molecular weight excluding hydrogens is 436 g/mol. The van der Waals surface area contributed by atoms with Gasteiger partial charge in [0.05, 0.1) is 0 Å². The quantitative estimate of drug-likeness (QED) is 0.194. The normalized spacial score (nSPS) is 11.6. The topological polar surface area (TPSA) is 12.9 Å². The molecule has 25 heavy (non-hydrogen) atoms. The van der Waals surface area contributed by atoms with Gasteiger partial charge in [0.2, 0.25) is 0 Å². The average molecular weight is 473 g/mol. The van der Waals surface area contributed by atoms with Gasteiger partial charge in [-0.15, -0.1) is 0 Å². The van der Waals surface area contributed by atoms with Crippen LogP contribution in [-0.4, -0.2) is 34.0 Å². The Morgan fingerprint density at radius 3 is 1.72 bits per heavy atom. The van der Waals surface area contributed by atoms with E-state index in [-0.39, 0.29) is 0 Å². The van der Waals surface area contributed by atoms with Crippen molar-refractivity contribution in [1.82, 2.24) is 4.98 Å². The molecule has 0 unspecified atom stereocenters. The van der Waals surface area contributed by atoms with Crippen molar-refractivity contribution in [3.8, 4) is 0 Å². The predicted octanol–water partition coefficient (Wildman–Crippen LogP) is 6.76. The monoisotopic (exact) mass is 475 g/mol. The molecule has 0 spiro atoms. The summed E-state index contributed by atoms with van der Waals surface area (Å²) in [5.74, 6) is 0. The van der Waals surface area contributed by atoms with Crippen LogP contribution in [0.4, 0.5) is 0 Å². The Kier molecular flexibility index (Phi) is 12.3. The molecule has 0 atom stereocenters. The molecule has 142 valence electrons. The number of rotatable bonds is 16. The zero-order valence-corrected chi connectivity index (χ0v) is 19.7. The summed E-state index contributed by atoms with van der Waals surface area (Å²) in [6, 6.07) is 0. The Hall–Kier alpha value is 0.189. The van der Waals surface area contributed by atoms with Crippen molar-refractivity contribution >= 4 is 38.8 Å². The molecule has 0 saturated carbocycles. The molecule has 0 aromatic carbocycles. The summed E-state index contributed by atoms with van der Waals surface area (Å²) in [6.07, 6.45) is 23.0. The molecule has 0 bridgehead atoms. The molecule has 2 rings (SSSR count). The maximum absolute atomic E-state index is 4.81. The first-order valence-electron chi connectivity index (χ1n) is 10.7. The first-order chi connectivity index (χ1) is 12.4. The SMILES string of the molecule is CCCCCCCCCCCCCCCCCc1nc2c[se]cc2[se]1. The van der Waals surface area contributed by atoms with Crippen LogP contribution in [-0.2, 0) is 6.42 Å². The van der Waals surface area contributed by atoms with Gasteiger partial charge in [-0.3, -0.25) is 0 Å². The summed E-state index contributed by atoms with van der Waals surface area (Å²) in [5.41, 5.74) is 1.34. The summed E-state index contributed by atoms with van der Waals surface area (Å²) in [4.78, 5) is 9.59. The van der Waals surface area contributed by atoms with Crippen molar-refractivity contribution in [3.63, 3.8) is 0 Å². The first kappa shape index (κ1) is 21.5. The van der Waals surface area contributed by atoms with E-state index in [9.17, 15) is 0 Å². The molecule has 0 amide bonds. The number of unbranched alkanes of at least 4 members (excludes halogenated alkanes) is 14.